The van der Waals surface area contributed by atoms with E-state index in [0.29, 0.717) is 38.0 Å². The lowest BCUT2D eigenvalue weighted by Crippen LogP contribution is -2.40. The number of nitrogens with zero attached hydrogens (tertiary/aromatic N) is 2. The van der Waals surface area contributed by atoms with Gasteiger partial charge in [0.1, 0.15) is 11.5 Å². The summed E-state index contributed by atoms with van der Waals surface area (Å²) in [6, 6.07) is 8.35. The first-order valence-corrected chi connectivity index (χ1v) is 14.1. The van der Waals surface area contributed by atoms with Gasteiger partial charge in [0.05, 0.1) is 47.2 Å². The number of halogens is 3. The Labute approximate surface area is 240 Å². The first kappa shape index (κ1) is 26.4. The number of benzene rings is 2. The molecule has 1 N–H and O–H groups in total. The summed E-state index contributed by atoms with van der Waals surface area (Å²) in [5, 5.41) is 10.1. The number of phenols is 1. The van der Waals surface area contributed by atoms with E-state index in [1.807, 2.05) is 24.3 Å². The van der Waals surface area contributed by atoms with Crippen molar-refractivity contribution in [3.63, 3.8) is 0 Å². The van der Waals surface area contributed by atoms with Gasteiger partial charge in [-0.2, -0.15) is 0 Å². The second-order valence-corrected chi connectivity index (χ2v) is 11.7. The Kier molecular flexibility index (Phi) is 8.08. The molecule has 3 aromatic rings. The molecule has 1 aliphatic rings. The van der Waals surface area contributed by atoms with E-state index in [-0.39, 0.29) is 17.9 Å². The molecule has 0 amide bonds. The number of hydrogen-bond donors (Lipinski definition) is 1. The van der Waals surface area contributed by atoms with Crippen molar-refractivity contribution in [3.05, 3.63) is 84.0 Å². The Morgan fingerprint density at radius 1 is 1.29 bits per heavy atom. The lowest BCUT2D eigenvalue weighted by atomic mass is 9.96. The van der Waals surface area contributed by atoms with Crippen LogP contribution in [0.5, 0.6) is 11.5 Å². The van der Waals surface area contributed by atoms with E-state index >= 15 is 0 Å². The minimum absolute atomic E-state index is 0.206. The van der Waals surface area contributed by atoms with Crippen LogP contribution in [0.3, 0.4) is 0 Å². The molecular formula is C24H19BrI2N2O5S. The van der Waals surface area contributed by atoms with Gasteiger partial charge in [-0.25, -0.2) is 9.79 Å². The number of esters is 1. The fraction of sp³-hybridized carbons (Fsp3) is 0.208. The Morgan fingerprint density at radius 2 is 1.97 bits per heavy atom. The van der Waals surface area contributed by atoms with Crippen molar-refractivity contribution in [2.75, 3.05) is 13.7 Å². The SMILES string of the molecule is CCOC(=O)C1=C(C)N=c2s/c(=C/c3cc(I)c(O)c(I)c3)c(=O)n2[C@@H]1c1ccc(OC)c(Br)c1. The van der Waals surface area contributed by atoms with Crippen molar-refractivity contribution in [2.24, 2.45) is 4.99 Å². The topological polar surface area (TPSA) is 90.1 Å². The van der Waals surface area contributed by atoms with E-state index < -0.39 is 12.0 Å². The fourth-order valence-corrected chi connectivity index (χ4v) is 7.20. The zero-order valence-corrected chi connectivity index (χ0v) is 25.5. The number of ether oxygens (including phenoxy) is 2. The first-order valence-electron chi connectivity index (χ1n) is 10.4. The maximum atomic E-state index is 13.7. The van der Waals surface area contributed by atoms with Gasteiger partial charge < -0.3 is 14.6 Å². The van der Waals surface area contributed by atoms with E-state index in [4.69, 9.17) is 9.47 Å². The van der Waals surface area contributed by atoms with Crippen LogP contribution in [-0.4, -0.2) is 29.4 Å². The van der Waals surface area contributed by atoms with Crippen LogP contribution in [-0.2, 0) is 9.53 Å². The van der Waals surface area contributed by atoms with Crippen LogP contribution in [0.1, 0.15) is 31.0 Å². The average Bonchev–Trinajstić information content (AvgIpc) is 3.10. The lowest BCUT2D eigenvalue weighted by Gasteiger charge is -2.25. The third-order valence-electron chi connectivity index (χ3n) is 5.35. The van der Waals surface area contributed by atoms with Gasteiger partial charge in [-0.3, -0.25) is 9.36 Å². The highest BCUT2D eigenvalue weighted by atomic mass is 127. The van der Waals surface area contributed by atoms with Crippen molar-refractivity contribution in [2.45, 2.75) is 19.9 Å². The Bertz CT molecular complexity index is 1540. The van der Waals surface area contributed by atoms with Crippen molar-refractivity contribution in [1.82, 2.24) is 4.57 Å². The number of fused-ring (bicyclic) bond motifs is 1. The molecule has 7 nitrogen and oxygen atoms in total. The summed E-state index contributed by atoms with van der Waals surface area (Å²) in [6.45, 7) is 3.69. The minimum atomic E-state index is -0.713. The smallest absolute Gasteiger partial charge is 0.338 e. The third-order valence-corrected chi connectivity index (χ3v) is 8.59. The van der Waals surface area contributed by atoms with Gasteiger partial charge >= 0.3 is 5.97 Å². The van der Waals surface area contributed by atoms with Gasteiger partial charge in [0.2, 0.25) is 0 Å². The number of carbonyl (C=O) groups is 1. The molecule has 2 heterocycles. The second kappa shape index (κ2) is 10.7. The third kappa shape index (κ3) is 5.09. The molecule has 0 radical (unpaired) electrons. The monoisotopic (exact) mass is 780 g/mol. The van der Waals surface area contributed by atoms with Gasteiger partial charge in [0, 0.05) is 0 Å². The Hall–Kier alpha value is -1.71. The number of carbonyl (C=O) groups excluding carboxylic acids is 1. The van der Waals surface area contributed by atoms with E-state index in [9.17, 15) is 14.7 Å². The molecule has 0 aliphatic carbocycles. The van der Waals surface area contributed by atoms with E-state index in [0.717, 1.165) is 11.1 Å². The average molecular weight is 781 g/mol. The number of phenolic OH excluding ortho intramolecular Hbond substituents is 1. The van der Waals surface area contributed by atoms with Gasteiger partial charge in [-0.05, 0) is 116 Å². The molecule has 4 rings (SSSR count). The maximum Gasteiger partial charge on any atom is 0.338 e. The summed E-state index contributed by atoms with van der Waals surface area (Å²) < 4.78 is 14.8. The quantitative estimate of drug-likeness (QED) is 0.305. The maximum absolute atomic E-state index is 13.7. The number of allylic oxidation sites excluding steroid dienone is 1. The van der Waals surface area contributed by atoms with Crippen LogP contribution in [0.25, 0.3) is 6.08 Å². The summed E-state index contributed by atoms with van der Waals surface area (Å²) >= 11 is 8.88. The molecule has 1 aromatic heterocycles. The van der Waals surface area contributed by atoms with Crippen LogP contribution in [0, 0.1) is 7.14 Å². The van der Waals surface area contributed by atoms with Crippen LogP contribution in [0.4, 0.5) is 0 Å². The highest BCUT2D eigenvalue weighted by Crippen LogP contribution is 2.35. The molecular weight excluding hydrogens is 762 g/mol. The number of rotatable bonds is 5. The summed E-state index contributed by atoms with van der Waals surface area (Å²) in [5.74, 6) is 0.336. The molecule has 182 valence electrons. The summed E-state index contributed by atoms with van der Waals surface area (Å²) in [6.07, 6.45) is 1.78. The zero-order chi connectivity index (χ0) is 25.4. The van der Waals surface area contributed by atoms with Crippen molar-refractivity contribution in [1.29, 1.82) is 0 Å². The van der Waals surface area contributed by atoms with E-state index in [1.54, 1.807) is 37.7 Å². The number of hydrogen-bond acceptors (Lipinski definition) is 7. The molecule has 35 heavy (non-hydrogen) atoms. The van der Waals surface area contributed by atoms with E-state index in [1.165, 1.54) is 11.3 Å². The summed E-state index contributed by atoms with van der Waals surface area (Å²) in [4.78, 5) is 31.8. The molecule has 0 bridgehead atoms. The molecule has 1 atom stereocenters. The Morgan fingerprint density at radius 3 is 2.57 bits per heavy atom. The number of aromatic hydroxyl groups is 1. The lowest BCUT2D eigenvalue weighted by molar-refractivity contribution is -0.139. The molecule has 0 saturated carbocycles. The number of thiazole rings is 1. The highest BCUT2D eigenvalue weighted by Gasteiger charge is 2.33. The Balaban J connectivity index is 1.97. The zero-order valence-electron chi connectivity index (χ0n) is 18.8. The predicted octanol–water partition coefficient (Wildman–Crippen LogP) is 4.48. The van der Waals surface area contributed by atoms with Crippen molar-refractivity contribution in [3.8, 4) is 11.5 Å². The molecule has 0 unspecified atom stereocenters. The molecule has 0 spiro atoms. The van der Waals surface area contributed by atoms with Crippen molar-refractivity contribution >= 4 is 84.5 Å². The molecule has 11 heteroatoms. The molecule has 0 fully saturated rings. The summed E-state index contributed by atoms with van der Waals surface area (Å²) in [5.41, 5.74) is 2.06. The van der Waals surface area contributed by atoms with Crippen molar-refractivity contribution < 1.29 is 19.4 Å². The van der Waals surface area contributed by atoms with E-state index in [2.05, 4.69) is 66.1 Å². The fourth-order valence-electron chi connectivity index (χ4n) is 3.78. The van der Waals surface area contributed by atoms with Gasteiger partial charge in [0.15, 0.2) is 4.80 Å². The largest absolute Gasteiger partial charge is 0.506 e. The highest BCUT2D eigenvalue weighted by molar-refractivity contribution is 14.1. The van der Waals surface area contributed by atoms with Crippen LogP contribution in [0.2, 0.25) is 0 Å². The predicted molar refractivity (Wildman–Crippen MR) is 155 cm³/mol. The number of aromatic nitrogens is 1. The first-order chi connectivity index (χ1) is 16.7. The molecule has 1 aliphatic heterocycles. The molecule has 0 saturated heterocycles. The standard InChI is InChI=1S/C24H19BrI2N2O5S/c1-4-34-23(32)19-11(2)28-24-29(20(19)13-5-6-17(33-3)14(25)10-13)22(31)18(35-24)9-12-7-15(26)21(30)16(27)8-12/h5-10,20,30H,4H2,1-3H3/b18-9+/t20-/m1/s1. The van der Waals surface area contributed by atoms with Gasteiger partial charge in [-0.1, -0.05) is 17.4 Å². The van der Waals surface area contributed by atoms with Crippen LogP contribution >= 0.6 is 72.4 Å². The number of methoxy groups -OCH3 is 1. The van der Waals surface area contributed by atoms with Gasteiger partial charge in [-0.15, -0.1) is 0 Å². The minimum Gasteiger partial charge on any atom is -0.506 e. The van der Waals surface area contributed by atoms with Crippen LogP contribution in [0.15, 0.2) is 55.9 Å². The van der Waals surface area contributed by atoms with Crippen LogP contribution < -0.4 is 19.6 Å². The normalized spacial score (nSPS) is 15.6. The van der Waals surface area contributed by atoms with Gasteiger partial charge in [0.25, 0.3) is 5.56 Å². The molecule has 2 aromatic carbocycles. The second-order valence-electron chi connectivity index (χ2n) is 7.53. The summed E-state index contributed by atoms with van der Waals surface area (Å²) in [7, 11) is 1.57.